The lowest BCUT2D eigenvalue weighted by Crippen LogP contribution is -2.05. The van der Waals surface area contributed by atoms with E-state index in [4.69, 9.17) is 17.4 Å². The lowest BCUT2D eigenvalue weighted by molar-refractivity contribution is -0.132. The summed E-state index contributed by atoms with van der Waals surface area (Å²) in [5, 5.41) is 8.42. The van der Waals surface area contributed by atoms with E-state index in [1.807, 2.05) is 0 Å². The first kappa shape index (κ1) is 13.4. The van der Waals surface area contributed by atoms with Crippen LogP contribution in [0.4, 0.5) is 0 Å². The van der Waals surface area contributed by atoms with Crippen LogP contribution in [-0.2, 0) is 9.53 Å². The molecule has 5 heteroatoms. The summed E-state index contributed by atoms with van der Waals surface area (Å²) in [6.45, 7) is 7.84. The number of hydrogen-bond donors (Lipinski definition) is 2. The number of methoxy groups -OCH3 is 1. The van der Waals surface area contributed by atoms with Crippen LogP contribution in [0.15, 0.2) is 23.4 Å². The van der Waals surface area contributed by atoms with E-state index in [2.05, 4.69) is 9.58 Å². The summed E-state index contributed by atoms with van der Waals surface area (Å²) < 4.78 is 4.57. The summed E-state index contributed by atoms with van der Waals surface area (Å²) in [6, 6.07) is 0. The highest BCUT2D eigenvalue weighted by atomic mass is 16.5. The smallest absolute Gasteiger partial charge is 0.330 e. The van der Waals surface area contributed by atoms with Crippen LogP contribution in [0.3, 0.4) is 0 Å². The second kappa shape index (κ2) is 7.74. The van der Waals surface area contributed by atoms with E-state index in [-0.39, 0.29) is 0 Å². The Kier molecular flexibility index (Phi) is 6.89. The van der Waals surface area contributed by atoms with Crippen molar-refractivity contribution < 1.29 is 14.6 Å². The first-order chi connectivity index (χ1) is 7.15. The van der Waals surface area contributed by atoms with Crippen molar-refractivity contribution in [3.63, 3.8) is 0 Å². The molecule has 1 rings (SSSR count). The summed E-state index contributed by atoms with van der Waals surface area (Å²) in [6.07, 6.45) is 3.39. The van der Waals surface area contributed by atoms with Gasteiger partial charge in [0.2, 0.25) is 0 Å². The van der Waals surface area contributed by atoms with Gasteiger partial charge in [-0.25, -0.2) is 9.64 Å². The molecule has 0 aromatic carbocycles. The summed E-state index contributed by atoms with van der Waals surface area (Å²) in [4.78, 5) is 13.4. The molecule has 82 valence electrons. The Morgan fingerprint density at radius 3 is 2.67 bits per heavy atom. The summed E-state index contributed by atoms with van der Waals surface area (Å²) in [5.74, 6) is -0.935. The summed E-state index contributed by atoms with van der Waals surface area (Å²) in [7, 11) is 1.63. The van der Waals surface area contributed by atoms with Gasteiger partial charge in [-0.05, 0) is 12.5 Å². The molecule has 5 nitrogen and oxygen atoms in total. The lowest BCUT2D eigenvalue weighted by atomic mass is 10.2. The highest BCUT2D eigenvalue weighted by Crippen LogP contribution is 2.17. The van der Waals surface area contributed by atoms with Crippen LogP contribution in [0, 0.1) is 6.57 Å². The molecule has 0 aromatic rings. The third kappa shape index (κ3) is 5.62. The Labute approximate surface area is 88.7 Å². The van der Waals surface area contributed by atoms with Crippen LogP contribution >= 0.6 is 0 Å². The zero-order valence-electron chi connectivity index (χ0n) is 8.56. The first-order valence-corrected chi connectivity index (χ1v) is 4.36. The van der Waals surface area contributed by atoms with Crippen molar-refractivity contribution in [2.45, 2.75) is 6.42 Å². The van der Waals surface area contributed by atoms with Crippen LogP contribution in [0.25, 0.3) is 4.85 Å². The molecule has 0 radical (unpaired) electrons. The maximum absolute atomic E-state index is 10.3. The van der Waals surface area contributed by atoms with Gasteiger partial charge in [0.05, 0.1) is 13.2 Å². The second-order valence-corrected chi connectivity index (χ2v) is 2.70. The number of hydrogen-bond acceptors (Lipinski definition) is 3. The van der Waals surface area contributed by atoms with Gasteiger partial charge in [-0.2, -0.15) is 0 Å². The quantitative estimate of drug-likeness (QED) is 0.675. The zero-order valence-corrected chi connectivity index (χ0v) is 8.56. The van der Waals surface area contributed by atoms with E-state index in [1.165, 1.54) is 6.08 Å². The minimum Gasteiger partial charge on any atom is -0.478 e. The largest absolute Gasteiger partial charge is 0.478 e. The fraction of sp³-hybridized carbons (Fsp3) is 0.400. The molecule has 0 heterocycles. The number of ether oxygens (including phenoxy) is 1. The van der Waals surface area contributed by atoms with Gasteiger partial charge < -0.3 is 15.6 Å². The molecule has 0 unspecified atom stereocenters. The van der Waals surface area contributed by atoms with Crippen LogP contribution in [-0.4, -0.2) is 31.3 Å². The molecule has 0 aliphatic heterocycles. The third-order valence-corrected chi connectivity index (χ3v) is 1.58. The van der Waals surface area contributed by atoms with Crippen LogP contribution in [0.1, 0.15) is 6.42 Å². The predicted octanol–water partition coefficient (Wildman–Crippen LogP) is 0.796. The van der Waals surface area contributed by atoms with E-state index in [9.17, 15) is 4.79 Å². The highest BCUT2D eigenvalue weighted by Gasteiger charge is 2.11. The monoisotopic (exact) mass is 210 g/mol. The standard InChI is InChI=1S/C7H5NO2.C3H9NO/c1-8-6-3-2-5(4-6)7(9)10;1-5-3-2-4/h3-4H,2H2,(H,9,10);2-4H2,1H3. The van der Waals surface area contributed by atoms with Crippen molar-refractivity contribution in [1.29, 1.82) is 0 Å². The fourth-order valence-corrected chi connectivity index (χ4v) is 0.856. The lowest BCUT2D eigenvalue weighted by Gasteiger charge is -1.87. The molecule has 15 heavy (non-hydrogen) atoms. The van der Waals surface area contributed by atoms with E-state index < -0.39 is 5.97 Å². The molecule has 0 saturated carbocycles. The topological polar surface area (TPSA) is 76.9 Å². The molecule has 0 bridgehead atoms. The van der Waals surface area contributed by atoms with Gasteiger partial charge in [0.25, 0.3) is 0 Å². The third-order valence-electron chi connectivity index (χ3n) is 1.58. The van der Waals surface area contributed by atoms with Gasteiger partial charge in [0.15, 0.2) is 5.70 Å². The molecular weight excluding hydrogens is 196 g/mol. The van der Waals surface area contributed by atoms with Crippen molar-refractivity contribution in [2.75, 3.05) is 20.3 Å². The van der Waals surface area contributed by atoms with Gasteiger partial charge in [0.1, 0.15) is 0 Å². The molecule has 0 fully saturated rings. The minimum atomic E-state index is -0.935. The number of rotatable bonds is 3. The van der Waals surface area contributed by atoms with Crippen LogP contribution in [0.2, 0.25) is 0 Å². The fourth-order valence-electron chi connectivity index (χ4n) is 0.856. The summed E-state index contributed by atoms with van der Waals surface area (Å²) >= 11 is 0. The molecule has 1 aliphatic rings. The molecule has 0 spiro atoms. The first-order valence-electron chi connectivity index (χ1n) is 4.36. The van der Waals surface area contributed by atoms with Gasteiger partial charge in [-0.15, -0.1) is 0 Å². The summed E-state index contributed by atoms with van der Waals surface area (Å²) in [5.41, 5.74) is 5.74. The molecule has 3 N–H and O–H groups in total. The van der Waals surface area contributed by atoms with E-state index in [1.54, 1.807) is 13.2 Å². The SMILES string of the molecule is COCCN.[C-]#[N+]C1=CCC(C(=O)O)=C1. The molecular formula is C10H14N2O3. The van der Waals surface area contributed by atoms with E-state index >= 15 is 0 Å². The number of carbonyl (C=O) groups is 1. The average Bonchev–Trinajstić information content (AvgIpc) is 2.68. The minimum absolute atomic E-state index is 0.297. The van der Waals surface area contributed by atoms with Gasteiger partial charge >= 0.3 is 5.97 Å². The number of nitrogens with zero attached hydrogens (tertiary/aromatic N) is 1. The molecule has 1 aliphatic carbocycles. The zero-order chi connectivity index (χ0) is 11.7. The second-order valence-electron chi connectivity index (χ2n) is 2.70. The van der Waals surface area contributed by atoms with Gasteiger partial charge in [-0.3, -0.25) is 0 Å². The Morgan fingerprint density at radius 1 is 1.80 bits per heavy atom. The Bertz CT molecular complexity index is 311. The van der Waals surface area contributed by atoms with Crippen molar-refractivity contribution in [1.82, 2.24) is 0 Å². The van der Waals surface area contributed by atoms with Crippen LogP contribution in [0.5, 0.6) is 0 Å². The van der Waals surface area contributed by atoms with Gasteiger partial charge in [-0.1, -0.05) is 6.08 Å². The maximum atomic E-state index is 10.3. The molecule has 0 amide bonds. The predicted molar refractivity (Wildman–Crippen MR) is 56.0 cm³/mol. The molecule has 0 atom stereocenters. The Balaban J connectivity index is 0.000000336. The molecule has 0 saturated heterocycles. The average molecular weight is 210 g/mol. The number of allylic oxidation sites excluding steroid dienone is 2. The van der Waals surface area contributed by atoms with E-state index in [0.29, 0.717) is 30.8 Å². The Hall–Kier alpha value is -1.64. The number of nitrogens with two attached hydrogens (primary N) is 1. The van der Waals surface area contributed by atoms with Crippen molar-refractivity contribution in [3.05, 3.63) is 34.8 Å². The Morgan fingerprint density at radius 2 is 2.47 bits per heavy atom. The molecule has 0 aromatic heterocycles. The number of carboxylic acid groups (broad SMARTS) is 1. The maximum Gasteiger partial charge on any atom is 0.330 e. The van der Waals surface area contributed by atoms with Crippen LogP contribution < -0.4 is 5.73 Å². The number of aliphatic carboxylic acids is 1. The highest BCUT2D eigenvalue weighted by molar-refractivity contribution is 5.88. The van der Waals surface area contributed by atoms with Crippen molar-refractivity contribution in [2.24, 2.45) is 5.73 Å². The van der Waals surface area contributed by atoms with Crippen molar-refractivity contribution >= 4 is 5.97 Å². The normalized spacial score (nSPS) is 13.1. The van der Waals surface area contributed by atoms with E-state index in [0.717, 1.165) is 0 Å². The van der Waals surface area contributed by atoms with Crippen molar-refractivity contribution in [3.8, 4) is 0 Å². The van der Waals surface area contributed by atoms with Gasteiger partial charge in [0, 0.05) is 19.2 Å². The number of carboxylic acids is 1.